The SMILES string of the molecule is COc1ccc(OCc2sc(C3(O)CCCN(CC4=CCCOC4)CC3)nc2C)cc1. The molecule has 2 aromatic rings. The van der Waals surface area contributed by atoms with E-state index in [4.69, 9.17) is 19.2 Å². The van der Waals surface area contributed by atoms with E-state index in [0.29, 0.717) is 13.0 Å². The van der Waals surface area contributed by atoms with Crippen molar-refractivity contribution in [2.45, 2.75) is 44.8 Å². The Labute approximate surface area is 188 Å². The number of hydrogen-bond donors (Lipinski definition) is 1. The highest BCUT2D eigenvalue weighted by atomic mass is 32.1. The first-order valence-electron chi connectivity index (χ1n) is 11.0. The van der Waals surface area contributed by atoms with E-state index < -0.39 is 5.60 Å². The first-order valence-corrected chi connectivity index (χ1v) is 11.8. The van der Waals surface area contributed by atoms with Gasteiger partial charge in [0.2, 0.25) is 0 Å². The highest BCUT2D eigenvalue weighted by molar-refractivity contribution is 7.11. The van der Waals surface area contributed by atoms with Crippen LogP contribution in [0.4, 0.5) is 0 Å². The van der Waals surface area contributed by atoms with Gasteiger partial charge < -0.3 is 19.3 Å². The number of hydrogen-bond acceptors (Lipinski definition) is 7. The molecule has 1 aromatic carbocycles. The van der Waals surface area contributed by atoms with Crippen LogP contribution in [0, 0.1) is 6.92 Å². The lowest BCUT2D eigenvalue weighted by Crippen LogP contribution is -2.31. The lowest BCUT2D eigenvalue weighted by Gasteiger charge is -2.26. The smallest absolute Gasteiger partial charge is 0.125 e. The zero-order valence-electron chi connectivity index (χ0n) is 18.4. The molecule has 0 bridgehead atoms. The fourth-order valence-electron chi connectivity index (χ4n) is 4.13. The van der Waals surface area contributed by atoms with Gasteiger partial charge in [0.25, 0.3) is 0 Å². The fraction of sp³-hybridized carbons (Fsp3) is 0.542. The van der Waals surface area contributed by atoms with Crippen LogP contribution < -0.4 is 9.47 Å². The summed E-state index contributed by atoms with van der Waals surface area (Å²) < 4.78 is 16.7. The molecule has 0 amide bonds. The molecule has 1 unspecified atom stereocenters. The topological polar surface area (TPSA) is 64.0 Å². The van der Waals surface area contributed by atoms with Crippen LogP contribution >= 0.6 is 11.3 Å². The lowest BCUT2D eigenvalue weighted by atomic mass is 9.96. The summed E-state index contributed by atoms with van der Waals surface area (Å²) in [5.41, 5.74) is 1.44. The number of likely N-dealkylation sites (tertiary alicyclic amines) is 1. The quantitative estimate of drug-likeness (QED) is 0.650. The molecule has 1 aromatic heterocycles. The largest absolute Gasteiger partial charge is 0.497 e. The van der Waals surface area contributed by atoms with Gasteiger partial charge in [0, 0.05) is 13.1 Å². The van der Waals surface area contributed by atoms with Gasteiger partial charge in [-0.1, -0.05) is 6.08 Å². The molecule has 168 valence electrons. The van der Waals surface area contributed by atoms with E-state index in [-0.39, 0.29) is 0 Å². The summed E-state index contributed by atoms with van der Waals surface area (Å²) in [5, 5.41) is 12.3. The van der Waals surface area contributed by atoms with Gasteiger partial charge in [-0.25, -0.2) is 4.98 Å². The van der Waals surface area contributed by atoms with Crippen molar-refractivity contribution in [3.8, 4) is 11.5 Å². The molecular weight excluding hydrogens is 412 g/mol. The third-order valence-electron chi connectivity index (χ3n) is 6.04. The van der Waals surface area contributed by atoms with Crippen molar-refractivity contribution >= 4 is 11.3 Å². The van der Waals surface area contributed by atoms with Crippen LogP contribution in [0.2, 0.25) is 0 Å². The van der Waals surface area contributed by atoms with E-state index >= 15 is 0 Å². The Balaban J connectivity index is 1.37. The van der Waals surface area contributed by atoms with Crippen LogP contribution in [0.1, 0.15) is 41.3 Å². The van der Waals surface area contributed by atoms with E-state index in [1.165, 1.54) is 5.57 Å². The number of methoxy groups -OCH3 is 1. The summed E-state index contributed by atoms with van der Waals surface area (Å²) in [6, 6.07) is 7.57. The predicted octanol–water partition coefficient (Wildman–Crippen LogP) is 4.06. The molecular formula is C24H32N2O4S. The summed E-state index contributed by atoms with van der Waals surface area (Å²) in [5.74, 6) is 1.60. The van der Waals surface area contributed by atoms with Crippen molar-refractivity contribution in [2.24, 2.45) is 0 Å². The van der Waals surface area contributed by atoms with E-state index in [9.17, 15) is 5.11 Å². The van der Waals surface area contributed by atoms with Crippen molar-refractivity contribution in [3.63, 3.8) is 0 Å². The minimum Gasteiger partial charge on any atom is -0.497 e. The van der Waals surface area contributed by atoms with Gasteiger partial charge in [-0.15, -0.1) is 11.3 Å². The van der Waals surface area contributed by atoms with Crippen LogP contribution in [0.15, 0.2) is 35.9 Å². The Morgan fingerprint density at radius 3 is 2.74 bits per heavy atom. The molecule has 0 radical (unpaired) electrons. The highest BCUT2D eigenvalue weighted by Gasteiger charge is 2.35. The van der Waals surface area contributed by atoms with Crippen LogP contribution in [0.3, 0.4) is 0 Å². The minimum atomic E-state index is -0.861. The Hall–Kier alpha value is -1.93. The summed E-state index contributed by atoms with van der Waals surface area (Å²) in [6.07, 6.45) is 5.71. The normalized spacial score (nSPS) is 22.6. The van der Waals surface area contributed by atoms with Crippen molar-refractivity contribution in [2.75, 3.05) is 40.0 Å². The molecule has 2 aliphatic heterocycles. The Bertz CT molecular complexity index is 895. The van der Waals surface area contributed by atoms with Crippen molar-refractivity contribution in [1.29, 1.82) is 0 Å². The fourth-order valence-corrected chi connectivity index (χ4v) is 5.26. The number of benzene rings is 1. The molecule has 7 heteroatoms. The van der Waals surface area contributed by atoms with Crippen molar-refractivity contribution < 1.29 is 19.3 Å². The average Bonchev–Trinajstić information content (AvgIpc) is 3.07. The highest BCUT2D eigenvalue weighted by Crippen LogP contribution is 2.37. The zero-order chi connectivity index (χ0) is 21.7. The first kappa shape index (κ1) is 22.3. The van der Waals surface area contributed by atoms with Crippen LogP contribution in [-0.4, -0.2) is 54.9 Å². The Kier molecular flexibility index (Phi) is 7.27. The molecule has 0 saturated carbocycles. The molecule has 31 heavy (non-hydrogen) atoms. The molecule has 2 aliphatic rings. The van der Waals surface area contributed by atoms with Gasteiger partial charge in [-0.2, -0.15) is 0 Å². The van der Waals surface area contributed by atoms with Crippen molar-refractivity contribution in [1.82, 2.24) is 9.88 Å². The van der Waals surface area contributed by atoms with Gasteiger partial charge in [-0.3, -0.25) is 4.90 Å². The minimum absolute atomic E-state index is 0.451. The predicted molar refractivity (Wildman–Crippen MR) is 122 cm³/mol. The first-order chi connectivity index (χ1) is 15.1. The Morgan fingerprint density at radius 1 is 1.19 bits per heavy atom. The van der Waals surface area contributed by atoms with Gasteiger partial charge in [0.05, 0.1) is 30.9 Å². The van der Waals surface area contributed by atoms with E-state index in [1.54, 1.807) is 18.4 Å². The summed E-state index contributed by atoms with van der Waals surface area (Å²) in [6.45, 7) is 6.82. The summed E-state index contributed by atoms with van der Waals surface area (Å²) in [4.78, 5) is 8.24. The molecule has 3 heterocycles. The van der Waals surface area contributed by atoms with Gasteiger partial charge in [-0.05, 0) is 69.0 Å². The third kappa shape index (κ3) is 5.66. The zero-order valence-corrected chi connectivity index (χ0v) is 19.2. The molecule has 4 rings (SSSR count). The molecule has 6 nitrogen and oxygen atoms in total. The van der Waals surface area contributed by atoms with E-state index in [2.05, 4.69) is 11.0 Å². The second kappa shape index (κ2) is 10.1. The maximum Gasteiger partial charge on any atom is 0.125 e. The average molecular weight is 445 g/mol. The second-order valence-electron chi connectivity index (χ2n) is 8.36. The molecule has 1 N–H and O–H groups in total. The third-order valence-corrected chi connectivity index (χ3v) is 7.36. The number of aryl methyl sites for hydroxylation is 1. The second-order valence-corrected chi connectivity index (χ2v) is 9.44. The standard InChI is InChI=1S/C24H32N2O4S/c1-18-22(17-30-21-8-6-20(28-2)7-9-21)31-23(25-18)24(27)10-4-12-26(13-11-24)15-19-5-3-14-29-16-19/h5-9,27H,3-4,10-17H2,1-2H3. The van der Waals surface area contributed by atoms with Gasteiger partial charge in [0.1, 0.15) is 28.7 Å². The number of ether oxygens (including phenoxy) is 3. The molecule has 0 spiro atoms. The summed E-state index contributed by atoms with van der Waals surface area (Å²) >= 11 is 1.58. The van der Waals surface area contributed by atoms with Crippen LogP contribution in [0.25, 0.3) is 0 Å². The van der Waals surface area contributed by atoms with E-state index in [0.717, 1.165) is 79.2 Å². The number of nitrogens with zero attached hydrogens (tertiary/aromatic N) is 2. The summed E-state index contributed by atoms with van der Waals surface area (Å²) in [7, 11) is 1.65. The van der Waals surface area contributed by atoms with Crippen LogP contribution in [-0.2, 0) is 16.9 Å². The molecule has 0 aliphatic carbocycles. The number of aromatic nitrogens is 1. The molecule has 1 atom stereocenters. The maximum absolute atomic E-state index is 11.5. The molecule has 1 saturated heterocycles. The van der Waals surface area contributed by atoms with E-state index in [1.807, 2.05) is 31.2 Å². The van der Waals surface area contributed by atoms with Gasteiger partial charge >= 0.3 is 0 Å². The number of thiazole rings is 1. The Morgan fingerprint density at radius 2 is 2.00 bits per heavy atom. The lowest BCUT2D eigenvalue weighted by molar-refractivity contribution is 0.0210. The monoisotopic (exact) mass is 444 g/mol. The van der Waals surface area contributed by atoms with Crippen molar-refractivity contribution in [3.05, 3.63) is 51.5 Å². The number of aliphatic hydroxyl groups is 1. The van der Waals surface area contributed by atoms with Crippen LogP contribution in [0.5, 0.6) is 11.5 Å². The molecule has 1 fully saturated rings. The van der Waals surface area contributed by atoms with Gasteiger partial charge in [0.15, 0.2) is 0 Å². The number of rotatable bonds is 7. The maximum atomic E-state index is 11.5.